The Balaban J connectivity index is 2.76. The largest absolute Gasteiger partial charge is 0.384 e. The molecule has 2 atom stereocenters. The minimum atomic E-state index is -2.01. The fourth-order valence-corrected chi connectivity index (χ4v) is 3.19. The molecule has 0 amide bonds. The summed E-state index contributed by atoms with van der Waals surface area (Å²) in [7, 11) is 3.71. The predicted molar refractivity (Wildman–Crippen MR) is 44.5 cm³/mol. The first-order valence-electron chi connectivity index (χ1n) is 3.17. The Labute approximate surface area is 66.1 Å². The molecule has 1 saturated heterocycles. The van der Waals surface area contributed by atoms with Crippen LogP contribution in [-0.4, -0.2) is 36.3 Å². The molecule has 1 aliphatic rings. The van der Waals surface area contributed by atoms with Gasteiger partial charge < -0.3 is 9.63 Å². The monoisotopic (exact) mass is 181 g/mol. The molecule has 0 radical (unpaired) electrons. The highest BCUT2D eigenvalue weighted by molar-refractivity contribution is 8.11. The quantitative estimate of drug-likeness (QED) is 0.600. The Kier molecular flexibility index (Phi) is 2.48. The van der Waals surface area contributed by atoms with Crippen LogP contribution in [0.5, 0.6) is 0 Å². The van der Waals surface area contributed by atoms with Gasteiger partial charge in [-0.3, -0.25) is 4.67 Å². The van der Waals surface area contributed by atoms with Gasteiger partial charge in [0.2, 0.25) is 0 Å². The van der Waals surface area contributed by atoms with Crippen LogP contribution in [0.3, 0.4) is 0 Å². The van der Waals surface area contributed by atoms with Crippen molar-refractivity contribution in [3.05, 3.63) is 0 Å². The normalized spacial score (nSPS) is 41.0. The second kappa shape index (κ2) is 2.88. The van der Waals surface area contributed by atoms with Crippen LogP contribution < -0.4 is 0 Å². The highest BCUT2D eigenvalue weighted by atomic mass is 32.4. The van der Waals surface area contributed by atoms with Gasteiger partial charge in [0.15, 0.2) is 6.42 Å². The van der Waals surface area contributed by atoms with Gasteiger partial charge in [0, 0.05) is 6.42 Å². The average molecular weight is 181 g/mol. The van der Waals surface area contributed by atoms with E-state index in [0.29, 0.717) is 13.0 Å². The summed E-state index contributed by atoms with van der Waals surface area (Å²) in [5.41, 5.74) is 0. The van der Waals surface area contributed by atoms with Crippen LogP contribution in [0.2, 0.25) is 0 Å². The van der Waals surface area contributed by atoms with Crippen LogP contribution in [0.15, 0.2) is 0 Å². The molecule has 0 aliphatic carbocycles. The Hall–Kier alpha value is 0.530. The van der Waals surface area contributed by atoms with Gasteiger partial charge in [-0.05, 0) is 25.9 Å². The number of aliphatic hydroxyl groups excluding tert-OH is 1. The standard InChI is InChI=1S/C5H12NO2PS/c1-6(2)9(10)5(7)3-4-8-9/h5,7H,3-4H2,1-2H3. The van der Waals surface area contributed by atoms with Crippen molar-refractivity contribution in [2.24, 2.45) is 0 Å². The van der Waals surface area contributed by atoms with Crippen molar-refractivity contribution in [3.8, 4) is 0 Å². The molecule has 1 fully saturated rings. The van der Waals surface area contributed by atoms with Crippen molar-refractivity contribution in [2.45, 2.75) is 12.3 Å². The van der Waals surface area contributed by atoms with Crippen LogP contribution >= 0.6 is 6.42 Å². The minimum absolute atomic E-state index is 0.419. The zero-order valence-corrected chi connectivity index (χ0v) is 7.86. The Bertz CT molecular complexity index is 173. The van der Waals surface area contributed by atoms with E-state index in [0.717, 1.165) is 0 Å². The zero-order valence-electron chi connectivity index (χ0n) is 6.15. The molecule has 0 spiro atoms. The summed E-state index contributed by atoms with van der Waals surface area (Å²) in [6.45, 7) is 0.608. The van der Waals surface area contributed by atoms with Gasteiger partial charge in [-0.2, -0.15) is 0 Å². The zero-order chi connectivity index (χ0) is 7.78. The number of aliphatic hydroxyl groups is 1. The lowest BCUT2D eigenvalue weighted by molar-refractivity contribution is 0.252. The molecule has 1 N–H and O–H groups in total. The molecule has 0 aromatic rings. The van der Waals surface area contributed by atoms with Crippen LogP contribution in [0.1, 0.15) is 6.42 Å². The molecular formula is C5H12NO2PS. The molecule has 60 valence electrons. The van der Waals surface area contributed by atoms with Crippen LogP contribution in [0.25, 0.3) is 0 Å². The maximum Gasteiger partial charge on any atom is 0.159 e. The second-order valence-electron chi connectivity index (χ2n) is 2.51. The van der Waals surface area contributed by atoms with E-state index in [2.05, 4.69) is 0 Å². The summed E-state index contributed by atoms with van der Waals surface area (Å²) in [5, 5.41) is 9.40. The van der Waals surface area contributed by atoms with Crippen LogP contribution in [0.4, 0.5) is 0 Å². The fraction of sp³-hybridized carbons (Fsp3) is 1.00. The van der Waals surface area contributed by atoms with E-state index in [4.69, 9.17) is 16.3 Å². The van der Waals surface area contributed by atoms with E-state index in [9.17, 15) is 5.11 Å². The molecular weight excluding hydrogens is 169 g/mol. The molecule has 0 saturated carbocycles. The van der Waals surface area contributed by atoms with Gasteiger partial charge in [-0.1, -0.05) is 0 Å². The molecule has 10 heavy (non-hydrogen) atoms. The summed E-state index contributed by atoms with van der Waals surface area (Å²) >= 11 is 5.18. The van der Waals surface area contributed by atoms with Crippen molar-refractivity contribution in [3.63, 3.8) is 0 Å². The maximum absolute atomic E-state index is 9.40. The highest BCUT2D eigenvalue weighted by Crippen LogP contribution is 2.58. The topological polar surface area (TPSA) is 32.7 Å². The fourth-order valence-electron chi connectivity index (χ4n) is 0.920. The molecule has 1 rings (SSSR count). The number of rotatable bonds is 1. The van der Waals surface area contributed by atoms with Gasteiger partial charge in [-0.25, -0.2) is 0 Å². The summed E-state index contributed by atoms with van der Waals surface area (Å²) in [6, 6.07) is 0. The molecule has 0 aromatic heterocycles. The van der Waals surface area contributed by atoms with E-state index in [-0.39, 0.29) is 0 Å². The van der Waals surface area contributed by atoms with E-state index < -0.39 is 12.3 Å². The first-order valence-corrected chi connectivity index (χ1v) is 5.92. The Morgan fingerprint density at radius 2 is 2.30 bits per heavy atom. The minimum Gasteiger partial charge on any atom is -0.384 e. The van der Waals surface area contributed by atoms with E-state index >= 15 is 0 Å². The first-order chi connectivity index (χ1) is 4.57. The lowest BCUT2D eigenvalue weighted by atomic mass is 10.5. The highest BCUT2D eigenvalue weighted by Gasteiger charge is 2.35. The third kappa shape index (κ3) is 1.27. The lowest BCUT2D eigenvalue weighted by Gasteiger charge is -2.25. The summed E-state index contributed by atoms with van der Waals surface area (Å²) in [6.07, 6.45) is -1.32. The molecule has 0 aromatic carbocycles. The van der Waals surface area contributed by atoms with E-state index in [1.807, 2.05) is 18.8 Å². The molecule has 2 unspecified atom stereocenters. The third-order valence-electron chi connectivity index (χ3n) is 1.59. The second-order valence-corrected chi connectivity index (χ2v) is 6.87. The predicted octanol–water partition coefficient (Wildman–Crippen LogP) is 0.596. The summed E-state index contributed by atoms with van der Waals surface area (Å²) in [4.78, 5) is 0. The average Bonchev–Trinajstić information content (AvgIpc) is 2.15. The molecule has 1 aliphatic heterocycles. The van der Waals surface area contributed by atoms with Crippen molar-refractivity contribution in [1.29, 1.82) is 0 Å². The van der Waals surface area contributed by atoms with Gasteiger partial charge >= 0.3 is 0 Å². The molecule has 5 heteroatoms. The molecule has 0 bridgehead atoms. The molecule has 1 heterocycles. The van der Waals surface area contributed by atoms with Crippen molar-refractivity contribution < 1.29 is 9.63 Å². The summed E-state index contributed by atoms with van der Waals surface area (Å²) in [5.74, 6) is -0.419. The SMILES string of the molecule is CN(C)P1(=S)OCCC1O. The van der Waals surface area contributed by atoms with E-state index in [1.54, 1.807) is 0 Å². The van der Waals surface area contributed by atoms with Gasteiger partial charge in [0.25, 0.3) is 0 Å². The number of hydrogen-bond acceptors (Lipinski definition) is 3. The van der Waals surface area contributed by atoms with Crippen LogP contribution in [-0.2, 0) is 16.3 Å². The van der Waals surface area contributed by atoms with Crippen molar-refractivity contribution in [1.82, 2.24) is 4.67 Å². The smallest absolute Gasteiger partial charge is 0.159 e. The lowest BCUT2D eigenvalue weighted by Crippen LogP contribution is -2.14. The van der Waals surface area contributed by atoms with Crippen molar-refractivity contribution in [2.75, 3.05) is 20.7 Å². The number of hydrogen-bond donors (Lipinski definition) is 1. The summed E-state index contributed by atoms with van der Waals surface area (Å²) < 4.78 is 7.15. The van der Waals surface area contributed by atoms with Crippen molar-refractivity contribution >= 4 is 18.2 Å². The molecule has 3 nitrogen and oxygen atoms in total. The number of nitrogens with zero attached hydrogens (tertiary/aromatic N) is 1. The van der Waals surface area contributed by atoms with E-state index in [1.165, 1.54) is 0 Å². The van der Waals surface area contributed by atoms with Gasteiger partial charge in [-0.15, -0.1) is 0 Å². The maximum atomic E-state index is 9.40. The van der Waals surface area contributed by atoms with Gasteiger partial charge in [0.05, 0.1) is 6.61 Å². The van der Waals surface area contributed by atoms with Crippen LogP contribution in [0, 0.1) is 0 Å². The third-order valence-corrected chi connectivity index (χ3v) is 6.29. The Morgan fingerprint density at radius 1 is 1.70 bits per heavy atom. The Morgan fingerprint density at radius 3 is 2.50 bits per heavy atom. The van der Waals surface area contributed by atoms with Gasteiger partial charge in [0.1, 0.15) is 5.85 Å². The first kappa shape index (κ1) is 8.62.